The van der Waals surface area contributed by atoms with Gasteiger partial charge in [-0.3, -0.25) is 20.2 Å². The van der Waals surface area contributed by atoms with Crippen LogP contribution < -0.4 is 10.1 Å². The molecule has 1 aromatic carbocycles. The Labute approximate surface area is 158 Å². The summed E-state index contributed by atoms with van der Waals surface area (Å²) in [5, 5.41) is 23.0. The maximum absolute atomic E-state index is 12.3. The van der Waals surface area contributed by atoms with Crippen molar-refractivity contribution in [2.75, 3.05) is 12.4 Å². The maximum Gasteiger partial charge on any atom is 0.293 e. The van der Waals surface area contributed by atoms with Gasteiger partial charge in [0.2, 0.25) is 5.13 Å². The molecular formula is C17H16N4O5S. The second kappa shape index (κ2) is 7.54. The van der Waals surface area contributed by atoms with E-state index in [1.165, 1.54) is 42.7 Å². The Balaban J connectivity index is 1.84. The number of hydrogen-bond acceptors (Lipinski definition) is 8. The molecule has 0 unspecified atom stereocenters. The molecule has 2 heterocycles. The van der Waals surface area contributed by atoms with E-state index in [0.717, 1.165) is 5.01 Å². The lowest BCUT2D eigenvalue weighted by Crippen LogP contribution is -2.10. The molecule has 0 saturated heterocycles. The summed E-state index contributed by atoms with van der Waals surface area (Å²) in [6.07, 6.45) is 0. The van der Waals surface area contributed by atoms with Gasteiger partial charge in [0.05, 0.1) is 23.7 Å². The second-order valence-corrected chi connectivity index (χ2v) is 6.87. The van der Waals surface area contributed by atoms with E-state index >= 15 is 0 Å². The molecule has 1 amide bonds. The molecule has 140 valence electrons. The molecule has 0 saturated carbocycles. The van der Waals surface area contributed by atoms with Crippen LogP contribution in [0.5, 0.6) is 5.75 Å². The van der Waals surface area contributed by atoms with E-state index in [0.29, 0.717) is 10.9 Å². The first-order chi connectivity index (χ1) is 12.9. The van der Waals surface area contributed by atoms with Crippen molar-refractivity contribution in [2.45, 2.75) is 19.8 Å². The third-order valence-electron chi connectivity index (χ3n) is 3.65. The summed E-state index contributed by atoms with van der Waals surface area (Å²) < 4.78 is 10.5. The highest BCUT2D eigenvalue weighted by molar-refractivity contribution is 7.15. The average molecular weight is 388 g/mol. The first-order valence-corrected chi connectivity index (χ1v) is 8.78. The molecule has 0 aliphatic heterocycles. The van der Waals surface area contributed by atoms with Crippen LogP contribution in [0.3, 0.4) is 0 Å². The minimum absolute atomic E-state index is 0.0106. The third-order valence-corrected chi connectivity index (χ3v) is 4.79. The summed E-state index contributed by atoms with van der Waals surface area (Å²) in [6, 6.07) is 7.34. The minimum atomic E-state index is -0.533. The Kier molecular flexibility index (Phi) is 5.17. The van der Waals surface area contributed by atoms with Crippen LogP contribution in [0.1, 0.15) is 35.3 Å². The quantitative estimate of drug-likeness (QED) is 0.498. The molecule has 2 aromatic heterocycles. The molecule has 0 bridgehead atoms. The largest absolute Gasteiger partial charge is 0.497 e. The number of aromatic nitrogens is 2. The first-order valence-electron chi connectivity index (χ1n) is 7.96. The molecule has 0 aliphatic carbocycles. The number of nitro benzene ring substituents is 1. The molecule has 0 fully saturated rings. The highest BCUT2D eigenvalue weighted by atomic mass is 32.1. The van der Waals surface area contributed by atoms with Crippen molar-refractivity contribution in [3.05, 3.63) is 51.2 Å². The zero-order chi connectivity index (χ0) is 19.6. The van der Waals surface area contributed by atoms with Gasteiger partial charge in [-0.2, -0.15) is 0 Å². The summed E-state index contributed by atoms with van der Waals surface area (Å²) in [6.45, 7) is 3.96. The summed E-state index contributed by atoms with van der Waals surface area (Å²) in [7, 11) is 1.42. The highest BCUT2D eigenvalue weighted by Gasteiger charge is 2.21. The molecular weight excluding hydrogens is 372 g/mol. The average Bonchev–Trinajstić information content (AvgIpc) is 3.30. The van der Waals surface area contributed by atoms with Crippen LogP contribution in [0.2, 0.25) is 0 Å². The lowest BCUT2D eigenvalue weighted by Gasteiger charge is -2.03. The number of carbonyl (C=O) groups is 1. The molecule has 1 N–H and O–H groups in total. The van der Waals surface area contributed by atoms with Crippen molar-refractivity contribution in [1.82, 2.24) is 10.2 Å². The fourth-order valence-electron chi connectivity index (χ4n) is 2.28. The molecule has 0 radical (unpaired) electrons. The smallest absolute Gasteiger partial charge is 0.293 e. The zero-order valence-corrected chi connectivity index (χ0v) is 15.6. The lowest BCUT2D eigenvalue weighted by atomic mass is 10.1. The Morgan fingerprint density at radius 3 is 2.70 bits per heavy atom. The Hall–Kier alpha value is -3.27. The molecule has 9 nitrogen and oxygen atoms in total. The van der Waals surface area contributed by atoms with E-state index in [1.54, 1.807) is 6.07 Å². The number of nitrogens with one attached hydrogen (secondary N) is 1. The van der Waals surface area contributed by atoms with Crippen molar-refractivity contribution in [2.24, 2.45) is 0 Å². The van der Waals surface area contributed by atoms with Crippen molar-refractivity contribution in [3.63, 3.8) is 0 Å². The van der Waals surface area contributed by atoms with Gasteiger partial charge in [-0.05, 0) is 24.3 Å². The van der Waals surface area contributed by atoms with E-state index in [1.807, 2.05) is 13.8 Å². The zero-order valence-electron chi connectivity index (χ0n) is 14.8. The molecule has 0 spiro atoms. The van der Waals surface area contributed by atoms with Crippen LogP contribution in [-0.4, -0.2) is 28.1 Å². The van der Waals surface area contributed by atoms with Crippen LogP contribution in [0.25, 0.3) is 11.3 Å². The van der Waals surface area contributed by atoms with Crippen molar-refractivity contribution in [3.8, 4) is 17.1 Å². The van der Waals surface area contributed by atoms with Crippen LogP contribution >= 0.6 is 11.3 Å². The SMILES string of the molecule is COc1ccc(-c2ccc(C(=O)Nc3nnc(C(C)C)s3)o2)c([N+](=O)[O-])c1. The van der Waals surface area contributed by atoms with Crippen molar-refractivity contribution >= 4 is 28.1 Å². The third kappa shape index (κ3) is 3.95. The first kappa shape index (κ1) is 18.5. The van der Waals surface area contributed by atoms with Gasteiger partial charge in [0.1, 0.15) is 16.5 Å². The van der Waals surface area contributed by atoms with E-state index in [4.69, 9.17) is 9.15 Å². The van der Waals surface area contributed by atoms with Gasteiger partial charge >= 0.3 is 0 Å². The normalized spacial score (nSPS) is 10.8. The Morgan fingerprint density at radius 1 is 1.30 bits per heavy atom. The topological polar surface area (TPSA) is 120 Å². The van der Waals surface area contributed by atoms with Crippen LogP contribution in [-0.2, 0) is 0 Å². The molecule has 10 heteroatoms. The van der Waals surface area contributed by atoms with Crippen molar-refractivity contribution in [1.29, 1.82) is 0 Å². The van der Waals surface area contributed by atoms with Crippen molar-refractivity contribution < 1.29 is 18.9 Å². The van der Waals surface area contributed by atoms with E-state index in [-0.39, 0.29) is 28.7 Å². The van der Waals surface area contributed by atoms with Gasteiger partial charge in [-0.1, -0.05) is 25.2 Å². The Morgan fingerprint density at radius 2 is 2.07 bits per heavy atom. The summed E-state index contributed by atoms with van der Waals surface area (Å²) in [5.41, 5.74) is 0.0687. The number of hydrogen-bond donors (Lipinski definition) is 1. The minimum Gasteiger partial charge on any atom is -0.497 e. The predicted octanol–water partition coefficient (Wildman–Crippen LogP) is 4.09. The van der Waals surface area contributed by atoms with E-state index in [9.17, 15) is 14.9 Å². The highest BCUT2D eigenvalue weighted by Crippen LogP contribution is 2.34. The van der Waals surface area contributed by atoms with Crippen LogP contribution in [0.15, 0.2) is 34.7 Å². The van der Waals surface area contributed by atoms with Crippen LogP contribution in [0.4, 0.5) is 10.8 Å². The number of anilines is 1. The standard InChI is InChI=1S/C17H16N4O5S/c1-9(2)16-19-20-17(27-16)18-15(22)14-7-6-13(26-14)11-5-4-10(25-3)8-12(11)21(23)24/h4-9H,1-3H3,(H,18,20,22). The van der Waals surface area contributed by atoms with Gasteiger partial charge < -0.3 is 9.15 Å². The number of methoxy groups -OCH3 is 1. The predicted molar refractivity (Wildman–Crippen MR) is 99.3 cm³/mol. The Bertz CT molecular complexity index is 995. The molecule has 27 heavy (non-hydrogen) atoms. The fourth-order valence-corrected chi connectivity index (χ4v) is 3.02. The van der Waals surface area contributed by atoms with Gasteiger partial charge in [0.15, 0.2) is 5.76 Å². The van der Waals surface area contributed by atoms with Gasteiger partial charge in [0.25, 0.3) is 11.6 Å². The van der Waals surface area contributed by atoms with Gasteiger partial charge in [-0.15, -0.1) is 10.2 Å². The summed E-state index contributed by atoms with van der Waals surface area (Å²) in [5.74, 6) is 0.265. The summed E-state index contributed by atoms with van der Waals surface area (Å²) in [4.78, 5) is 23.1. The lowest BCUT2D eigenvalue weighted by molar-refractivity contribution is -0.384. The fraction of sp³-hybridized carbons (Fsp3) is 0.235. The number of nitro groups is 1. The van der Waals surface area contributed by atoms with Gasteiger partial charge in [-0.25, -0.2) is 0 Å². The van der Waals surface area contributed by atoms with Crippen LogP contribution in [0, 0.1) is 10.1 Å². The number of amides is 1. The molecule has 3 aromatic rings. The number of furan rings is 1. The molecule has 0 atom stereocenters. The summed E-state index contributed by atoms with van der Waals surface area (Å²) >= 11 is 1.28. The van der Waals surface area contributed by atoms with Gasteiger partial charge in [0, 0.05) is 5.92 Å². The number of rotatable bonds is 6. The molecule has 3 rings (SSSR count). The monoisotopic (exact) mass is 388 g/mol. The van der Waals surface area contributed by atoms with E-state index in [2.05, 4.69) is 15.5 Å². The second-order valence-electron chi connectivity index (χ2n) is 5.86. The number of ether oxygens (including phenoxy) is 1. The maximum atomic E-state index is 12.3. The molecule has 0 aliphatic rings. The number of benzene rings is 1. The van der Waals surface area contributed by atoms with E-state index < -0.39 is 10.8 Å². The number of nitrogens with zero attached hydrogens (tertiary/aromatic N) is 3. The number of carbonyl (C=O) groups excluding carboxylic acids is 1.